The smallest absolute Gasteiger partial charge is 0.400 e. The lowest BCUT2D eigenvalue weighted by Gasteiger charge is -2.37. The molecule has 0 amide bonds. The number of benzene rings is 2. The summed E-state index contributed by atoms with van der Waals surface area (Å²) in [6, 6.07) is 6.16. The second-order valence-corrected chi connectivity index (χ2v) is 12.3. The van der Waals surface area contributed by atoms with Crippen LogP contribution in [0.1, 0.15) is 94.1 Å². The van der Waals surface area contributed by atoms with E-state index in [9.17, 15) is 22.0 Å². The van der Waals surface area contributed by atoms with E-state index in [1.807, 2.05) is 6.07 Å². The molecule has 0 N–H and O–H groups in total. The van der Waals surface area contributed by atoms with Crippen molar-refractivity contribution in [3.8, 4) is 5.75 Å². The van der Waals surface area contributed by atoms with Gasteiger partial charge in [-0.05, 0) is 86.8 Å². The summed E-state index contributed by atoms with van der Waals surface area (Å²) in [4.78, 5) is 0. The Morgan fingerprint density at radius 2 is 1.44 bits per heavy atom. The van der Waals surface area contributed by atoms with Gasteiger partial charge >= 0.3 is 6.11 Å². The largest absolute Gasteiger partial charge is 0.432 e. The van der Waals surface area contributed by atoms with E-state index in [1.54, 1.807) is 12.1 Å². The van der Waals surface area contributed by atoms with Crippen molar-refractivity contribution in [3.63, 3.8) is 0 Å². The Hall–Kier alpha value is -2.52. The SMILES string of the molecule is CCCC=CC1COC(C2CCC(c3ccc(C4CCC(C(F)(F)Oc5cc(F)c(F)c(F)c5)CC4)c(F)c3)CC2)OC1. The quantitative estimate of drug-likeness (QED) is 0.161. The molecule has 0 unspecified atom stereocenters. The van der Waals surface area contributed by atoms with Crippen molar-refractivity contribution < 1.29 is 40.6 Å². The molecule has 3 nitrogen and oxygen atoms in total. The predicted molar refractivity (Wildman–Crippen MR) is 151 cm³/mol. The van der Waals surface area contributed by atoms with E-state index in [1.165, 1.54) is 0 Å². The van der Waals surface area contributed by atoms with Crippen molar-refractivity contribution in [3.05, 3.63) is 76.9 Å². The molecule has 1 heterocycles. The van der Waals surface area contributed by atoms with Crippen LogP contribution in [0.3, 0.4) is 0 Å². The van der Waals surface area contributed by atoms with Gasteiger partial charge in [-0.3, -0.25) is 0 Å². The van der Waals surface area contributed by atoms with Gasteiger partial charge in [0.1, 0.15) is 11.6 Å². The Balaban J connectivity index is 1.10. The van der Waals surface area contributed by atoms with Crippen molar-refractivity contribution in [2.75, 3.05) is 13.2 Å². The average Bonchev–Trinajstić information content (AvgIpc) is 3.00. The summed E-state index contributed by atoms with van der Waals surface area (Å²) in [5.74, 6) is -6.57. The first-order valence-electron chi connectivity index (χ1n) is 15.5. The summed E-state index contributed by atoms with van der Waals surface area (Å²) < 4.78 is 102. The molecule has 0 radical (unpaired) electrons. The zero-order valence-electron chi connectivity index (χ0n) is 24.5. The molecule has 236 valence electrons. The number of alkyl halides is 2. The van der Waals surface area contributed by atoms with Crippen LogP contribution in [0.5, 0.6) is 5.75 Å². The molecule has 2 aromatic carbocycles. The predicted octanol–water partition coefficient (Wildman–Crippen LogP) is 9.81. The Labute approximate surface area is 249 Å². The number of ether oxygens (including phenoxy) is 3. The zero-order valence-corrected chi connectivity index (χ0v) is 24.5. The number of hydrogen-bond donors (Lipinski definition) is 0. The average molecular weight is 611 g/mol. The fourth-order valence-electron chi connectivity index (χ4n) is 6.80. The van der Waals surface area contributed by atoms with Crippen molar-refractivity contribution in [2.45, 2.75) is 95.4 Å². The highest BCUT2D eigenvalue weighted by atomic mass is 19.3. The Morgan fingerprint density at radius 1 is 0.814 bits per heavy atom. The third kappa shape index (κ3) is 7.77. The molecule has 1 aliphatic heterocycles. The maximum atomic E-state index is 15.3. The van der Waals surface area contributed by atoms with E-state index in [0.717, 1.165) is 44.1 Å². The minimum Gasteiger partial charge on any atom is -0.432 e. The van der Waals surface area contributed by atoms with Gasteiger partial charge in [-0.1, -0.05) is 37.6 Å². The van der Waals surface area contributed by atoms with E-state index in [0.29, 0.717) is 55.6 Å². The van der Waals surface area contributed by atoms with Crippen LogP contribution < -0.4 is 4.74 Å². The van der Waals surface area contributed by atoms with Crippen LogP contribution in [-0.2, 0) is 9.47 Å². The molecular formula is C34H40F6O3. The van der Waals surface area contributed by atoms with E-state index < -0.39 is 35.2 Å². The second kappa shape index (κ2) is 14.1. The maximum Gasteiger partial charge on any atom is 0.400 e. The number of halogens is 6. The molecule has 0 bridgehead atoms. The number of allylic oxidation sites excluding steroid dienone is 1. The molecule has 0 spiro atoms. The molecule has 2 saturated carbocycles. The van der Waals surface area contributed by atoms with Gasteiger partial charge in [-0.25, -0.2) is 17.6 Å². The third-order valence-corrected chi connectivity index (χ3v) is 9.32. The minimum atomic E-state index is -3.70. The molecule has 5 rings (SSSR count). The highest BCUT2D eigenvalue weighted by Crippen LogP contribution is 2.45. The first kappa shape index (κ1) is 31.9. The van der Waals surface area contributed by atoms with Gasteiger partial charge in [0.25, 0.3) is 0 Å². The first-order valence-corrected chi connectivity index (χ1v) is 15.5. The summed E-state index contributed by atoms with van der Waals surface area (Å²) in [7, 11) is 0. The summed E-state index contributed by atoms with van der Waals surface area (Å²) in [6.45, 7) is 3.51. The molecule has 1 saturated heterocycles. The lowest BCUT2D eigenvalue weighted by molar-refractivity contribution is -0.222. The van der Waals surface area contributed by atoms with E-state index in [-0.39, 0.29) is 36.8 Å². The molecule has 3 fully saturated rings. The summed E-state index contributed by atoms with van der Waals surface area (Å²) >= 11 is 0. The lowest BCUT2D eigenvalue weighted by Crippen LogP contribution is -2.37. The van der Waals surface area contributed by atoms with Gasteiger partial charge in [0.2, 0.25) is 0 Å². The van der Waals surface area contributed by atoms with Gasteiger partial charge in [0.05, 0.1) is 19.1 Å². The van der Waals surface area contributed by atoms with E-state index in [2.05, 4.69) is 23.8 Å². The first-order chi connectivity index (χ1) is 20.6. The van der Waals surface area contributed by atoms with Crippen molar-refractivity contribution in [2.24, 2.45) is 17.8 Å². The van der Waals surface area contributed by atoms with Gasteiger partial charge in [0, 0.05) is 24.0 Å². The van der Waals surface area contributed by atoms with Crippen LogP contribution in [0.4, 0.5) is 26.3 Å². The lowest BCUT2D eigenvalue weighted by atomic mass is 9.76. The minimum absolute atomic E-state index is 0.0517. The van der Waals surface area contributed by atoms with Crippen LogP contribution in [-0.4, -0.2) is 25.6 Å². The molecule has 43 heavy (non-hydrogen) atoms. The summed E-state index contributed by atoms with van der Waals surface area (Å²) in [5, 5.41) is 0. The van der Waals surface area contributed by atoms with E-state index in [4.69, 9.17) is 9.47 Å². The van der Waals surface area contributed by atoms with Gasteiger partial charge in [0.15, 0.2) is 23.7 Å². The van der Waals surface area contributed by atoms with Crippen molar-refractivity contribution >= 4 is 0 Å². The van der Waals surface area contributed by atoms with Crippen LogP contribution in [0.2, 0.25) is 0 Å². The Kier molecular flexibility index (Phi) is 10.4. The Bertz CT molecular complexity index is 1220. The summed E-state index contributed by atoms with van der Waals surface area (Å²) in [5.41, 5.74) is 1.48. The van der Waals surface area contributed by atoms with E-state index >= 15 is 4.39 Å². The Morgan fingerprint density at radius 3 is 2.05 bits per heavy atom. The molecular weight excluding hydrogens is 570 g/mol. The molecule has 3 aliphatic rings. The highest BCUT2D eigenvalue weighted by molar-refractivity contribution is 5.30. The van der Waals surface area contributed by atoms with Gasteiger partial charge < -0.3 is 14.2 Å². The van der Waals surface area contributed by atoms with Crippen LogP contribution >= 0.6 is 0 Å². The fraction of sp³-hybridized carbons (Fsp3) is 0.588. The normalized spacial score (nSPS) is 28.7. The molecule has 9 heteroatoms. The van der Waals surface area contributed by atoms with Gasteiger partial charge in [-0.15, -0.1) is 0 Å². The number of hydrogen-bond acceptors (Lipinski definition) is 3. The third-order valence-electron chi connectivity index (χ3n) is 9.32. The van der Waals surface area contributed by atoms with Crippen LogP contribution in [0.15, 0.2) is 42.5 Å². The zero-order chi connectivity index (χ0) is 30.6. The topological polar surface area (TPSA) is 27.7 Å². The molecule has 0 aromatic heterocycles. The van der Waals surface area contributed by atoms with Crippen LogP contribution in [0.25, 0.3) is 0 Å². The fourth-order valence-corrected chi connectivity index (χ4v) is 6.80. The van der Waals surface area contributed by atoms with Crippen molar-refractivity contribution in [1.29, 1.82) is 0 Å². The maximum absolute atomic E-state index is 15.3. The highest BCUT2D eigenvalue weighted by Gasteiger charge is 2.44. The second-order valence-electron chi connectivity index (χ2n) is 12.3. The molecule has 2 aliphatic carbocycles. The van der Waals surface area contributed by atoms with Crippen molar-refractivity contribution in [1.82, 2.24) is 0 Å². The standard InChI is InChI=1S/C34H40F6O3/c1-2-3-4-5-21-19-41-33(42-20-21)24-8-6-22(7-9-24)25-12-15-28(29(35)16-25)23-10-13-26(14-11-23)34(39,40)43-27-17-30(36)32(38)31(37)18-27/h4-5,12,15-18,21-24,26,33H,2-3,6-11,13-14,19-20H2,1H3. The number of rotatable bonds is 9. The summed E-state index contributed by atoms with van der Waals surface area (Å²) in [6.07, 6.45) is 7.19. The monoisotopic (exact) mass is 610 g/mol. The molecule has 0 atom stereocenters. The molecule has 2 aromatic rings. The van der Waals surface area contributed by atoms with Crippen LogP contribution in [0, 0.1) is 41.0 Å². The number of unbranched alkanes of at least 4 members (excludes halogenated alkanes) is 1. The van der Waals surface area contributed by atoms with Gasteiger partial charge in [-0.2, -0.15) is 8.78 Å².